The minimum atomic E-state index is -4.04. The standard InChI is InChI=1S/C10H18F3N/c1-7(2)9(3)5-8(6-14(9)4)10(11,12)13/h7-8H,5-6H2,1-4H3. The predicted molar refractivity (Wildman–Crippen MR) is 50.0 cm³/mol. The van der Waals surface area contributed by atoms with Crippen molar-refractivity contribution in [1.82, 2.24) is 4.90 Å². The van der Waals surface area contributed by atoms with Gasteiger partial charge in [-0.25, -0.2) is 0 Å². The molecular weight excluding hydrogens is 191 g/mol. The first-order chi connectivity index (χ1) is 6.18. The van der Waals surface area contributed by atoms with Crippen LogP contribution in [0.15, 0.2) is 0 Å². The molecule has 2 unspecified atom stereocenters. The van der Waals surface area contributed by atoms with Crippen molar-refractivity contribution in [2.75, 3.05) is 13.6 Å². The number of rotatable bonds is 1. The van der Waals surface area contributed by atoms with Crippen LogP contribution in [-0.4, -0.2) is 30.2 Å². The first-order valence-electron chi connectivity index (χ1n) is 4.96. The normalized spacial score (nSPS) is 35.6. The van der Waals surface area contributed by atoms with Crippen molar-refractivity contribution >= 4 is 0 Å². The Labute approximate surface area is 83.3 Å². The quantitative estimate of drug-likeness (QED) is 0.641. The molecule has 1 heterocycles. The Morgan fingerprint density at radius 1 is 1.36 bits per heavy atom. The Balaban J connectivity index is 2.79. The number of hydrogen-bond donors (Lipinski definition) is 0. The molecule has 1 nitrogen and oxygen atoms in total. The molecule has 0 N–H and O–H groups in total. The molecule has 0 saturated carbocycles. The van der Waals surface area contributed by atoms with Crippen LogP contribution >= 0.6 is 0 Å². The van der Waals surface area contributed by atoms with Gasteiger partial charge in [-0.2, -0.15) is 13.2 Å². The van der Waals surface area contributed by atoms with Gasteiger partial charge in [0, 0.05) is 12.1 Å². The fourth-order valence-electron chi connectivity index (χ4n) is 2.15. The summed E-state index contributed by atoms with van der Waals surface area (Å²) in [5.74, 6) is -0.903. The highest BCUT2D eigenvalue weighted by molar-refractivity contribution is 4.98. The molecule has 0 aromatic carbocycles. The highest BCUT2D eigenvalue weighted by Crippen LogP contribution is 2.43. The lowest BCUT2D eigenvalue weighted by molar-refractivity contribution is -0.171. The van der Waals surface area contributed by atoms with Crippen molar-refractivity contribution in [2.45, 2.75) is 38.9 Å². The molecule has 1 fully saturated rings. The summed E-state index contributed by atoms with van der Waals surface area (Å²) in [6.07, 6.45) is -3.81. The Morgan fingerprint density at radius 2 is 1.86 bits per heavy atom. The van der Waals surface area contributed by atoms with E-state index in [0.717, 1.165) is 0 Å². The summed E-state index contributed by atoms with van der Waals surface area (Å²) in [5, 5.41) is 0. The average molecular weight is 209 g/mol. The summed E-state index contributed by atoms with van der Waals surface area (Å²) in [5.41, 5.74) is -0.305. The third-order valence-corrected chi connectivity index (χ3v) is 3.73. The molecule has 1 rings (SSSR count). The maximum Gasteiger partial charge on any atom is 0.393 e. The summed E-state index contributed by atoms with van der Waals surface area (Å²) in [6.45, 7) is 6.02. The molecule has 1 saturated heterocycles. The zero-order valence-electron chi connectivity index (χ0n) is 9.15. The van der Waals surface area contributed by atoms with Crippen molar-refractivity contribution in [3.05, 3.63) is 0 Å². The van der Waals surface area contributed by atoms with Crippen LogP contribution in [0.2, 0.25) is 0 Å². The topological polar surface area (TPSA) is 3.24 Å². The third-order valence-electron chi connectivity index (χ3n) is 3.73. The van der Waals surface area contributed by atoms with E-state index >= 15 is 0 Å². The van der Waals surface area contributed by atoms with Gasteiger partial charge in [-0.1, -0.05) is 13.8 Å². The van der Waals surface area contributed by atoms with Crippen LogP contribution in [0.5, 0.6) is 0 Å². The van der Waals surface area contributed by atoms with Gasteiger partial charge >= 0.3 is 6.18 Å². The van der Waals surface area contributed by atoms with Crippen molar-refractivity contribution in [3.8, 4) is 0 Å². The van der Waals surface area contributed by atoms with Crippen molar-refractivity contribution in [2.24, 2.45) is 11.8 Å². The Morgan fingerprint density at radius 3 is 2.07 bits per heavy atom. The second kappa shape index (κ2) is 3.40. The summed E-state index contributed by atoms with van der Waals surface area (Å²) in [6, 6.07) is 0. The van der Waals surface area contributed by atoms with E-state index in [1.165, 1.54) is 0 Å². The van der Waals surface area contributed by atoms with Gasteiger partial charge < -0.3 is 4.90 Å². The Bertz CT molecular complexity index is 212. The van der Waals surface area contributed by atoms with E-state index < -0.39 is 12.1 Å². The Kier molecular flexibility index (Phi) is 2.87. The number of nitrogens with zero attached hydrogens (tertiary/aromatic N) is 1. The molecular formula is C10H18F3N. The summed E-state index contributed by atoms with van der Waals surface area (Å²) >= 11 is 0. The van der Waals surface area contributed by atoms with Crippen LogP contribution in [-0.2, 0) is 0 Å². The monoisotopic (exact) mass is 209 g/mol. The Hall–Kier alpha value is -0.250. The molecule has 2 atom stereocenters. The van der Waals surface area contributed by atoms with Gasteiger partial charge in [-0.05, 0) is 26.3 Å². The highest BCUT2D eigenvalue weighted by atomic mass is 19.4. The molecule has 0 amide bonds. The van der Waals surface area contributed by atoms with Crippen LogP contribution in [0.3, 0.4) is 0 Å². The number of hydrogen-bond acceptors (Lipinski definition) is 1. The van der Waals surface area contributed by atoms with Crippen molar-refractivity contribution in [1.29, 1.82) is 0 Å². The average Bonchev–Trinajstić information content (AvgIpc) is 2.28. The molecule has 0 aromatic rings. The largest absolute Gasteiger partial charge is 0.393 e. The van der Waals surface area contributed by atoms with Crippen LogP contribution < -0.4 is 0 Å². The fourth-order valence-corrected chi connectivity index (χ4v) is 2.15. The lowest BCUT2D eigenvalue weighted by Gasteiger charge is -2.36. The predicted octanol–water partition coefficient (Wildman–Crippen LogP) is 2.92. The zero-order chi connectivity index (χ0) is 11.1. The molecule has 4 heteroatoms. The molecule has 0 aromatic heterocycles. The van der Waals surface area contributed by atoms with Gasteiger partial charge in [0.05, 0.1) is 5.92 Å². The molecule has 84 valence electrons. The molecule has 0 bridgehead atoms. The van der Waals surface area contributed by atoms with Crippen LogP contribution in [0, 0.1) is 11.8 Å². The van der Waals surface area contributed by atoms with Gasteiger partial charge in [-0.15, -0.1) is 0 Å². The number of likely N-dealkylation sites (tertiary alicyclic amines) is 1. The van der Waals surface area contributed by atoms with Gasteiger partial charge in [0.1, 0.15) is 0 Å². The van der Waals surface area contributed by atoms with E-state index in [2.05, 4.69) is 0 Å². The minimum Gasteiger partial charge on any atom is -0.300 e. The first-order valence-corrected chi connectivity index (χ1v) is 4.96. The maximum atomic E-state index is 12.5. The molecule has 0 spiro atoms. The lowest BCUT2D eigenvalue weighted by atomic mass is 9.84. The van der Waals surface area contributed by atoms with Gasteiger partial charge in [-0.3, -0.25) is 0 Å². The van der Waals surface area contributed by atoms with E-state index in [9.17, 15) is 13.2 Å². The number of halogens is 3. The minimum absolute atomic E-state index is 0.137. The summed E-state index contributed by atoms with van der Waals surface area (Å²) in [7, 11) is 1.78. The molecule has 14 heavy (non-hydrogen) atoms. The van der Waals surface area contributed by atoms with Gasteiger partial charge in [0.2, 0.25) is 0 Å². The molecule has 0 aliphatic carbocycles. The van der Waals surface area contributed by atoms with Crippen LogP contribution in [0.1, 0.15) is 27.2 Å². The van der Waals surface area contributed by atoms with Gasteiger partial charge in [0.25, 0.3) is 0 Å². The smallest absolute Gasteiger partial charge is 0.300 e. The highest BCUT2D eigenvalue weighted by Gasteiger charge is 2.52. The fraction of sp³-hybridized carbons (Fsp3) is 1.00. The van der Waals surface area contributed by atoms with Crippen molar-refractivity contribution < 1.29 is 13.2 Å². The summed E-state index contributed by atoms with van der Waals surface area (Å²) < 4.78 is 37.5. The van der Waals surface area contributed by atoms with Crippen LogP contribution in [0.25, 0.3) is 0 Å². The summed E-state index contributed by atoms with van der Waals surface area (Å²) in [4.78, 5) is 1.84. The van der Waals surface area contributed by atoms with E-state index in [-0.39, 0.29) is 24.4 Å². The van der Waals surface area contributed by atoms with Crippen LogP contribution in [0.4, 0.5) is 13.2 Å². The van der Waals surface area contributed by atoms with E-state index in [4.69, 9.17) is 0 Å². The molecule has 1 aliphatic rings. The third kappa shape index (κ3) is 1.90. The second-order valence-electron chi connectivity index (χ2n) is 4.84. The SMILES string of the molecule is CC(C)C1(C)CC(C(F)(F)F)CN1C. The van der Waals surface area contributed by atoms with Gasteiger partial charge in [0.15, 0.2) is 0 Å². The molecule has 0 radical (unpaired) electrons. The van der Waals surface area contributed by atoms with E-state index in [1.54, 1.807) is 7.05 Å². The molecule has 1 aliphatic heterocycles. The first kappa shape index (κ1) is 11.8. The maximum absolute atomic E-state index is 12.5. The van der Waals surface area contributed by atoms with E-state index in [0.29, 0.717) is 0 Å². The second-order valence-corrected chi connectivity index (χ2v) is 4.84. The zero-order valence-corrected chi connectivity index (χ0v) is 9.15. The van der Waals surface area contributed by atoms with E-state index in [1.807, 2.05) is 25.7 Å². The van der Waals surface area contributed by atoms with Crippen molar-refractivity contribution in [3.63, 3.8) is 0 Å². The number of alkyl halides is 3. The lowest BCUT2D eigenvalue weighted by Crippen LogP contribution is -2.42.